The molecule has 0 aliphatic carbocycles. The van der Waals surface area contributed by atoms with Gasteiger partial charge in [-0.1, -0.05) is 31.9 Å². The van der Waals surface area contributed by atoms with Gasteiger partial charge in [0.2, 0.25) is 12.1 Å². The van der Waals surface area contributed by atoms with Crippen molar-refractivity contribution in [3.8, 4) is 0 Å². The van der Waals surface area contributed by atoms with Gasteiger partial charge in [-0.15, -0.1) is 0 Å². The van der Waals surface area contributed by atoms with E-state index >= 15 is 0 Å². The predicted octanol–water partition coefficient (Wildman–Crippen LogP) is 2.67. The number of carbonyl (C=O) groups excluding carboxylic acids is 1. The smallest absolute Gasteiger partial charge is 0.242 e. The van der Waals surface area contributed by atoms with Crippen LogP contribution in [-0.4, -0.2) is 50.6 Å². The van der Waals surface area contributed by atoms with Crippen molar-refractivity contribution in [2.45, 2.75) is 95.4 Å². The highest BCUT2D eigenvalue weighted by Gasteiger charge is 2.36. The number of rotatable bonds is 17. The summed E-state index contributed by atoms with van der Waals surface area (Å²) < 4.78 is 0. The first-order valence-electron chi connectivity index (χ1n) is 9.56. The van der Waals surface area contributed by atoms with Gasteiger partial charge in [-0.3, -0.25) is 20.2 Å². The number of aliphatic hydroxyl groups excluding tert-OH is 2. The summed E-state index contributed by atoms with van der Waals surface area (Å²) in [6, 6.07) is -2.63. The highest BCUT2D eigenvalue weighted by molar-refractivity contribution is 5.48. The van der Waals surface area contributed by atoms with Crippen molar-refractivity contribution in [1.82, 2.24) is 0 Å². The van der Waals surface area contributed by atoms with Gasteiger partial charge in [0.25, 0.3) is 0 Å². The standard InChI is InChI=1S/C18H32N2O7/c1-2-3-4-5-6-8-11-15(19(24)25)17(22)14-18(23)16(20(26)27)12-9-7-10-13-21/h6,8,13,15-18,22-23H,2-5,7,9-12,14H2,1H3/b8-6+. The first-order valence-corrected chi connectivity index (χ1v) is 9.56. The Kier molecular flexibility index (Phi) is 14.2. The molecule has 0 aromatic heterocycles. The van der Waals surface area contributed by atoms with Crippen molar-refractivity contribution in [3.63, 3.8) is 0 Å². The summed E-state index contributed by atoms with van der Waals surface area (Å²) in [6.45, 7) is 2.08. The first-order chi connectivity index (χ1) is 12.8. The van der Waals surface area contributed by atoms with E-state index < -0.39 is 40.6 Å². The van der Waals surface area contributed by atoms with E-state index in [1.54, 1.807) is 6.08 Å². The Balaban J connectivity index is 4.63. The molecular weight excluding hydrogens is 356 g/mol. The lowest BCUT2D eigenvalue weighted by atomic mass is 9.95. The molecular formula is C18H32N2O7. The molecule has 0 heterocycles. The van der Waals surface area contributed by atoms with E-state index in [1.165, 1.54) is 0 Å². The summed E-state index contributed by atoms with van der Waals surface area (Å²) in [5.74, 6) is 0. The third-order valence-corrected chi connectivity index (χ3v) is 4.50. The third-order valence-electron chi connectivity index (χ3n) is 4.50. The largest absolute Gasteiger partial charge is 0.386 e. The van der Waals surface area contributed by atoms with Crippen LogP contribution in [-0.2, 0) is 4.79 Å². The summed E-state index contributed by atoms with van der Waals surface area (Å²) >= 11 is 0. The highest BCUT2D eigenvalue weighted by atomic mass is 16.6. The Morgan fingerprint density at radius 1 is 0.889 bits per heavy atom. The Labute approximate surface area is 159 Å². The Bertz CT molecular complexity index is 471. The second-order valence-electron chi connectivity index (χ2n) is 6.73. The number of hydrogen-bond acceptors (Lipinski definition) is 7. The number of carbonyl (C=O) groups is 1. The third kappa shape index (κ3) is 11.4. The zero-order chi connectivity index (χ0) is 20.7. The molecule has 0 aliphatic rings. The van der Waals surface area contributed by atoms with E-state index in [2.05, 4.69) is 6.92 Å². The van der Waals surface area contributed by atoms with Crippen LogP contribution >= 0.6 is 0 Å². The van der Waals surface area contributed by atoms with E-state index in [0.717, 1.165) is 32.0 Å². The summed E-state index contributed by atoms with van der Waals surface area (Å²) in [5.41, 5.74) is 0. The van der Waals surface area contributed by atoms with Crippen LogP contribution in [0.4, 0.5) is 0 Å². The molecule has 0 saturated heterocycles. The molecule has 0 aliphatic heterocycles. The predicted molar refractivity (Wildman–Crippen MR) is 101 cm³/mol. The molecule has 27 heavy (non-hydrogen) atoms. The average molecular weight is 388 g/mol. The SMILES string of the molecule is CCCCC/C=C/CC(C(O)CC(O)C(CCCCC=O)[N+](=O)[O-])[N+](=O)[O-]. The topological polar surface area (TPSA) is 144 Å². The molecule has 9 nitrogen and oxygen atoms in total. The first kappa shape index (κ1) is 25.1. The van der Waals surface area contributed by atoms with Gasteiger partial charge >= 0.3 is 0 Å². The molecule has 156 valence electrons. The number of unbranched alkanes of at least 4 members (excludes halogenated alkanes) is 5. The maximum Gasteiger partial charge on any atom is 0.242 e. The zero-order valence-corrected chi connectivity index (χ0v) is 15.9. The fraction of sp³-hybridized carbons (Fsp3) is 0.833. The van der Waals surface area contributed by atoms with Gasteiger partial charge < -0.3 is 15.0 Å². The highest BCUT2D eigenvalue weighted by Crippen LogP contribution is 2.17. The number of nitro groups is 2. The van der Waals surface area contributed by atoms with E-state index in [9.17, 15) is 35.2 Å². The summed E-state index contributed by atoms with van der Waals surface area (Å²) in [4.78, 5) is 31.4. The van der Waals surface area contributed by atoms with Crippen LogP contribution in [0.25, 0.3) is 0 Å². The van der Waals surface area contributed by atoms with E-state index in [-0.39, 0.29) is 19.3 Å². The molecule has 0 aromatic rings. The van der Waals surface area contributed by atoms with Crippen molar-refractivity contribution in [2.24, 2.45) is 0 Å². The van der Waals surface area contributed by atoms with Gasteiger partial charge in [-0.05, 0) is 25.7 Å². The van der Waals surface area contributed by atoms with Crippen LogP contribution in [0.1, 0.15) is 71.1 Å². The van der Waals surface area contributed by atoms with Crippen molar-refractivity contribution < 1.29 is 24.9 Å². The van der Waals surface area contributed by atoms with Crippen LogP contribution in [0.3, 0.4) is 0 Å². The number of nitrogens with zero attached hydrogens (tertiary/aromatic N) is 2. The van der Waals surface area contributed by atoms with Crippen LogP contribution < -0.4 is 0 Å². The minimum Gasteiger partial charge on any atom is -0.386 e. The quantitative estimate of drug-likeness (QED) is 0.128. The summed E-state index contributed by atoms with van der Waals surface area (Å²) in [6.07, 6.45) is 5.96. The maximum absolute atomic E-state index is 11.2. The van der Waals surface area contributed by atoms with Gasteiger partial charge in [-0.25, -0.2) is 0 Å². The summed E-state index contributed by atoms with van der Waals surface area (Å²) in [7, 11) is 0. The Morgan fingerprint density at radius 3 is 2.04 bits per heavy atom. The van der Waals surface area contributed by atoms with Crippen LogP contribution in [0, 0.1) is 20.2 Å². The molecule has 4 unspecified atom stereocenters. The molecule has 2 N–H and O–H groups in total. The lowest BCUT2D eigenvalue weighted by molar-refractivity contribution is -0.543. The summed E-state index contributed by atoms with van der Waals surface area (Å²) in [5, 5.41) is 42.6. The zero-order valence-electron chi connectivity index (χ0n) is 15.9. The van der Waals surface area contributed by atoms with Gasteiger partial charge in [0.15, 0.2) is 0 Å². The minimum absolute atomic E-state index is 0.00940. The second-order valence-corrected chi connectivity index (χ2v) is 6.73. The van der Waals surface area contributed by atoms with Gasteiger partial charge in [0.05, 0.1) is 0 Å². The fourth-order valence-corrected chi connectivity index (χ4v) is 2.83. The number of aliphatic hydroxyl groups is 2. The Morgan fingerprint density at radius 2 is 1.48 bits per heavy atom. The molecule has 0 aromatic carbocycles. The molecule has 0 amide bonds. The number of aldehydes is 1. The lowest BCUT2D eigenvalue weighted by Gasteiger charge is -2.20. The van der Waals surface area contributed by atoms with Crippen molar-refractivity contribution in [3.05, 3.63) is 32.4 Å². The van der Waals surface area contributed by atoms with E-state index in [0.29, 0.717) is 12.8 Å². The van der Waals surface area contributed by atoms with Gasteiger partial charge in [0.1, 0.15) is 18.5 Å². The van der Waals surface area contributed by atoms with E-state index in [1.807, 2.05) is 6.08 Å². The van der Waals surface area contributed by atoms with Crippen LogP contribution in [0.15, 0.2) is 12.2 Å². The Hall–Kier alpha value is -1.87. The van der Waals surface area contributed by atoms with Crippen LogP contribution in [0.5, 0.6) is 0 Å². The molecule has 0 fully saturated rings. The lowest BCUT2D eigenvalue weighted by Crippen LogP contribution is -2.41. The fourth-order valence-electron chi connectivity index (χ4n) is 2.83. The molecule has 0 radical (unpaired) electrons. The number of hydrogen-bond donors (Lipinski definition) is 2. The van der Waals surface area contributed by atoms with Gasteiger partial charge in [0, 0.05) is 35.5 Å². The monoisotopic (exact) mass is 388 g/mol. The molecule has 0 saturated carbocycles. The van der Waals surface area contributed by atoms with Crippen molar-refractivity contribution >= 4 is 6.29 Å². The average Bonchev–Trinajstić information content (AvgIpc) is 2.60. The molecule has 4 atom stereocenters. The number of allylic oxidation sites excluding steroid dienone is 1. The molecule has 0 bridgehead atoms. The van der Waals surface area contributed by atoms with Gasteiger partial charge in [-0.2, -0.15) is 0 Å². The maximum atomic E-state index is 11.2. The molecule has 9 heteroatoms. The second kappa shape index (κ2) is 15.2. The van der Waals surface area contributed by atoms with Crippen LogP contribution in [0.2, 0.25) is 0 Å². The van der Waals surface area contributed by atoms with Crippen molar-refractivity contribution in [2.75, 3.05) is 0 Å². The normalized spacial score (nSPS) is 16.0. The minimum atomic E-state index is -1.48. The van der Waals surface area contributed by atoms with Crippen molar-refractivity contribution in [1.29, 1.82) is 0 Å². The van der Waals surface area contributed by atoms with E-state index in [4.69, 9.17) is 0 Å². The molecule has 0 rings (SSSR count). The molecule has 0 spiro atoms.